The molecule has 0 saturated carbocycles. The van der Waals surface area contributed by atoms with Crippen molar-refractivity contribution in [2.45, 2.75) is 19.0 Å². The lowest BCUT2D eigenvalue weighted by atomic mass is 9.97. The van der Waals surface area contributed by atoms with E-state index in [1.807, 2.05) is 6.07 Å². The van der Waals surface area contributed by atoms with Crippen LogP contribution >= 0.6 is 0 Å². The highest BCUT2D eigenvalue weighted by atomic mass is 19.4. The molecule has 6 heteroatoms. The van der Waals surface area contributed by atoms with E-state index in [4.69, 9.17) is 5.26 Å². The van der Waals surface area contributed by atoms with Crippen LogP contribution in [0.25, 0.3) is 0 Å². The van der Waals surface area contributed by atoms with Crippen molar-refractivity contribution < 1.29 is 18.0 Å². The molecule has 0 spiro atoms. The molecule has 1 aliphatic heterocycles. The van der Waals surface area contributed by atoms with Gasteiger partial charge in [-0.3, -0.25) is 4.79 Å². The van der Waals surface area contributed by atoms with Crippen LogP contribution in [-0.2, 0) is 0 Å². The fourth-order valence-corrected chi connectivity index (χ4v) is 2.30. The lowest BCUT2D eigenvalue weighted by Crippen LogP contribution is -2.44. The van der Waals surface area contributed by atoms with E-state index in [1.54, 1.807) is 0 Å². The number of benzene rings is 1. The van der Waals surface area contributed by atoms with Crippen LogP contribution in [0.2, 0.25) is 0 Å². The Morgan fingerprint density at radius 1 is 1.30 bits per heavy atom. The van der Waals surface area contributed by atoms with Crippen LogP contribution in [0.1, 0.15) is 28.8 Å². The van der Waals surface area contributed by atoms with E-state index in [-0.39, 0.29) is 13.0 Å². The molecule has 1 aromatic rings. The molecule has 1 unspecified atom stereocenters. The van der Waals surface area contributed by atoms with Crippen molar-refractivity contribution in [3.05, 3.63) is 35.4 Å². The number of likely N-dealkylation sites (tertiary alicyclic amines) is 1. The lowest BCUT2D eigenvalue weighted by molar-refractivity contribution is -0.184. The molecule has 1 heterocycles. The molecule has 0 radical (unpaired) electrons. The molecule has 1 atom stereocenters. The summed E-state index contributed by atoms with van der Waals surface area (Å²) in [5, 5.41) is 8.67. The molecule has 1 fully saturated rings. The number of nitrogens with zero attached hydrogens (tertiary/aromatic N) is 2. The van der Waals surface area contributed by atoms with Crippen molar-refractivity contribution in [3.8, 4) is 6.07 Å². The maximum absolute atomic E-state index is 12.7. The Morgan fingerprint density at radius 2 is 1.95 bits per heavy atom. The van der Waals surface area contributed by atoms with E-state index in [1.165, 1.54) is 29.2 Å². The van der Waals surface area contributed by atoms with Crippen LogP contribution in [0.4, 0.5) is 13.2 Å². The van der Waals surface area contributed by atoms with Crippen LogP contribution in [0.15, 0.2) is 24.3 Å². The predicted molar refractivity (Wildman–Crippen MR) is 65.8 cm³/mol. The Morgan fingerprint density at radius 3 is 2.50 bits per heavy atom. The van der Waals surface area contributed by atoms with Gasteiger partial charge in [-0.1, -0.05) is 0 Å². The van der Waals surface area contributed by atoms with Crippen LogP contribution in [-0.4, -0.2) is 30.1 Å². The van der Waals surface area contributed by atoms with Crippen molar-refractivity contribution in [2.75, 3.05) is 13.1 Å². The molecule has 1 aliphatic rings. The number of halogens is 3. The van der Waals surface area contributed by atoms with Crippen molar-refractivity contribution >= 4 is 5.91 Å². The summed E-state index contributed by atoms with van der Waals surface area (Å²) in [4.78, 5) is 13.4. The van der Waals surface area contributed by atoms with E-state index < -0.39 is 18.0 Å². The third kappa shape index (κ3) is 3.10. The minimum absolute atomic E-state index is 0.0701. The van der Waals surface area contributed by atoms with Gasteiger partial charge in [0.1, 0.15) is 0 Å². The number of hydrogen-bond donors (Lipinski definition) is 0. The van der Waals surface area contributed by atoms with Gasteiger partial charge in [-0.15, -0.1) is 0 Å². The van der Waals surface area contributed by atoms with Gasteiger partial charge in [-0.2, -0.15) is 18.4 Å². The maximum atomic E-state index is 12.7. The Kier molecular flexibility index (Phi) is 3.98. The molecule has 0 aliphatic carbocycles. The number of rotatable bonds is 1. The zero-order valence-corrected chi connectivity index (χ0v) is 10.7. The van der Waals surface area contributed by atoms with Gasteiger partial charge in [0.2, 0.25) is 0 Å². The van der Waals surface area contributed by atoms with Crippen molar-refractivity contribution in [1.82, 2.24) is 4.90 Å². The zero-order valence-electron chi connectivity index (χ0n) is 10.7. The normalized spacial score (nSPS) is 19.5. The van der Waals surface area contributed by atoms with Gasteiger partial charge in [0, 0.05) is 18.7 Å². The first-order valence-electron chi connectivity index (χ1n) is 6.28. The quantitative estimate of drug-likeness (QED) is 0.794. The second-order valence-electron chi connectivity index (χ2n) is 4.82. The summed E-state index contributed by atoms with van der Waals surface area (Å²) >= 11 is 0. The van der Waals surface area contributed by atoms with Crippen molar-refractivity contribution in [1.29, 1.82) is 5.26 Å². The Labute approximate surface area is 114 Å². The molecule has 3 nitrogen and oxygen atoms in total. The summed E-state index contributed by atoms with van der Waals surface area (Å²) in [6.07, 6.45) is -3.84. The minimum Gasteiger partial charge on any atom is -0.338 e. The van der Waals surface area contributed by atoms with E-state index >= 15 is 0 Å². The van der Waals surface area contributed by atoms with Crippen LogP contribution in [0, 0.1) is 17.2 Å². The average molecular weight is 282 g/mol. The Bertz CT molecular complexity index is 531. The summed E-state index contributed by atoms with van der Waals surface area (Å²) < 4.78 is 38.1. The van der Waals surface area contributed by atoms with Crippen LogP contribution in [0.3, 0.4) is 0 Å². The second-order valence-corrected chi connectivity index (χ2v) is 4.82. The number of amides is 1. The van der Waals surface area contributed by atoms with E-state index in [0.717, 1.165) is 0 Å². The SMILES string of the molecule is N#Cc1ccc(C(=O)N2CCCC(C(F)(F)F)C2)cc1. The van der Waals surface area contributed by atoms with Crippen LogP contribution < -0.4 is 0 Å². The summed E-state index contributed by atoms with van der Waals surface area (Å²) in [6.45, 7) is 0.0494. The smallest absolute Gasteiger partial charge is 0.338 e. The highest BCUT2D eigenvalue weighted by Gasteiger charge is 2.42. The highest BCUT2D eigenvalue weighted by Crippen LogP contribution is 2.33. The van der Waals surface area contributed by atoms with Gasteiger partial charge in [0.15, 0.2) is 0 Å². The van der Waals surface area contributed by atoms with Gasteiger partial charge in [-0.25, -0.2) is 0 Å². The first kappa shape index (κ1) is 14.4. The summed E-state index contributed by atoms with van der Waals surface area (Å²) in [5.74, 6) is -1.86. The summed E-state index contributed by atoms with van der Waals surface area (Å²) in [5.41, 5.74) is 0.722. The van der Waals surface area contributed by atoms with Gasteiger partial charge in [0.25, 0.3) is 5.91 Å². The molecule has 0 N–H and O–H groups in total. The molecule has 1 saturated heterocycles. The van der Waals surface area contributed by atoms with Crippen molar-refractivity contribution in [3.63, 3.8) is 0 Å². The molecular formula is C14H13F3N2O. The number of alkyl halides is 3. The summed E-state index contributed by atoms with van der Waals surface area (Å²) in [7, 11) is 0. The Hall–Kier alpha value is -2.03. The van der Waals surface area contributed by atoms with Crippen LogP contribution in [0.5, 0.6) is 0 Å². The maximum Gasteiger partial charge on any atom is 0.393 e. The predicted octanol–water partition coefficient (Wildman–Crippen LogP) is 2.97. The number of hydrogen-bond acceptors (Lipinski definition) is 2. The molecule has 20 heavy (non-hydrogen) atoms. The summed E-state index contributed by atoms with van der Waals surface area (Å²) in [6, 6.07) is 7.84. The second kappa shape index (κ2) is 5.53. The van der Waals surface area contributed by atoms with Crippen molar-refractivity contribution in [2.24, 2.45) is 5.92 Å². The van der Waals surface area contributed by atoms with Gasteiger partial charge in [0.05, 0.1) is 17.6 Å². The zero-order chi connectivity index (χ0) is 14.8. The first-order valence-corrected chi connectivity index (χ1v) is 6.28. The Balaban J connectivity index is 2.10. The first-order chi connectivity index (χ1) is 9.41. The van der Waals surface area contributed by atoms with E-state index in [0.29, 0.717) is 24.1 Å². The van der Waals surface area contributed by atoms with Gasteiger partial charge >= 0.3 is 6.18 Å². The van der Waals surface area contributed by atoms with E-state index in [2.05, 4.69) is 0 Å². The molecular weight excluding hydrogens is 269 g/mol. The fraction of sp³-hybridized carbons (Fsp3) is 0.429. The standard InChI is InChI=1S/C14H13F3N2O/c15-14(16,17)12-2-1-7-19(9-12)13(20)11-5-3-10(8-18)4-6-11/h3-6,12H,1-2,7,9H2. The molecule has 1 aromatic carbocycles. The average Bonchev–Trinajstić information content (AvgIpc) is 2.46. The monoisotopic (exact) mass is 282 g/mol. The minimum atomic E-state index is -4.26. The topological polar surface area (TPSA) is 44.1 Å². The fourth-order valence-electron chi connectivity index (χ4n) is 2.30. The number of piperidine rings is 1. The molecule has 0 aromatic heterocycles. The third-order valence-corrected chi connectivity index (χ3v) is 3.43. The van der Waals surface area contributed by atoms with E-state index in [9.17, 15) is 18.0 Å². The number of carbonyl (C=O) groups excluding carboxylic acids is 1. The number of nitriles is 1. The molecule has 1 amide bonds. The highest BCUT2D eigenvalue weighted by molar-refractivity contribution is 5.94. The number of carbonyl (C=O) groups is 1. The van der Waals surface area contributed by atoms with Gasteiger partial charge < -0.3 is 4.90 Å². The largest absolute Gasteiger partial charge is 0.393 e. The molecule has 2 rings (SSSR count). The third-order valence-electron chi connectivity index (χ3n) is 3.43. The molecule has 106 valence electrons. The molecule has 0 bridgehead atoms. The van der Waals surface area contributed by atoms with Gasteiger partial charge in [-0.05, 0) is 37.1 Å². The lowest BCUT2D eigenvalue weighted by Gasteiger charge is -2.33.